The molecule has 0 radical (unpaired) electrons. The lowest BCUT2D eigenvalue weighted by atomic mass is 9.54. The largest absolute Gasteiger partial charge is 0.743 e. The molecule has 3 aliphatic rings. The number of fused-ring (bicyclic) bond motifs is 1. The quantitative estimate of drug-likeness (QED) is 0.0774. The fraction of sp³-hybridized carbons (Fsp3) is 0.310. The minimum Gasteiger partial charge on any atom is -0.743 e. The summed E-state index contributed by atoms with van der Waals surface area (Å²) >= 11 is 6.11. The molecule has 0 amide bonds. The maximum absolute atomic E-state index is 14.1. The molecule has 0 N–H and O–H groups in total. The number of alkyl halides is 5. The van der Waals surface area contributed by atoms with Crippen molar-refractivity contribution >= 4 is 89.8 Å². The predicted molar refractivity (Wildman–Crippen MR) is 174 cm³/mol. The molecule has 3 unspecified atom stereocenters. The molecule has 0 aromatic heterocycles. The summed E-state index contributed by atoms with van der Waals surface area (Å²) in [6.45, 7) is -1.29. The van der Waals surface area contributed by atoms with Crippen molar-refractivity contribution in [2.24, 2.45) is 17.8 Å². The zero-order valence-electron chi connectivity index (χ0n) is 22.4. The summed E-state index contributed by atoms with van der Waals surface area (Å²) in [6.07, 6.45) is -7.50. The summed E-state index contributed by atoms with van der Waals surface area (Å²) in [6, 6.07) is 17.7. The molecule has 45 heavy (non-hydrogen) atoms. The van der Waals surface area contributed by atoms with Gasteiger partial charge >= 0.3 is 23.4 Å². The van der Waals surface area contributed by atoms with E-state index in [1.165, 1.54) is 0 Å². The van der Waals surface area contributed by atoms with Crippen molar-refractivity contribution in [3.63, 3.8) is 0 Å². The van der Waals surface area contributed by atoms with E-state index in [2.05, 4.69) is 22.6 Å². The van der Waals surface area contributed by atoms with Crippen molar-refractivity contribution in [2.75, 3.05) is 6.61 Å². The molecule has 3 atom stereocenters. The Hall–Kier alpha value is -1.65. The first-order chi connectivity index (χ1) is 20.9. The zero-order valence-corrected chi connectivity index (χ0v) is 29.7. The zero-order chi connectivity index (χ0) is 33.1. The molecule has 0 aliphatic heterocycles. The van der Waals surface area contributed by atoms with Crippen molar-refractivity contribution in [1.82, 2.24) is 0 Å². The average molecular weight is 987 g/mol. The maximum atomic E-state index is 14.1. The Bertz CT molecular complexity index is 1710. The fourth-order valence-corrected chi connectivity index (χ4v) is 10.5. The Labute approximate surface area is 294 Å². The molecule has 0 spiro atoms. The molecule has 0 saturated heterocycles. The van der Waals surface area contributed by atoms with Gasteiger partial charge in [0.25, 0.3) is 0 Å². The average Bonchev–Trinajstić information content (AvgIpc) is 2.95. The summed E-state index contributed by atoms with van der Waals surface area (Å²) in [7, 11) is -6.70. The van der Waals surface area contributed by atoms with Crippen LogP contribution in [-0.4, -0.2) is 42.9 Å². The van der Waals surface area contributed by atoms with Crippen LogP contribution < -0.4 is 4.74 Å². The molecular formula is C29H19F5I3O7S-. The number of rotatable bonds is 8. The number of carbonyl (C=O) groups is 2. The van der Waals surface area contributed by atoms with Gasteiger partial charge in [-0.2, -0.15) is 22.0 Å². The Morgan fingerprint density at radius 1 is 0.800 bits per heavy atom. The van der Waals surface area contributed by atoms with Crippen LogP contribution in [0.2, 0.25) is 0 Å². The van der Waals surface area contributed by atoms with Crippen LogP contribution in [0.1, 0.15) is 40.5 Å². The SMILES string of the molecule is O=C(OCCC(C(F)(F)F)C(F)(F)S(=O)(=O)[O-])C1C2c3ccccc3C(c3ccccc32)C1C(=O)Oc1c(I)cc(I)cc1I. The van der Waals surface area contributed by atoms with Crippen LogP contribution in [0.15, 0.2) is 60.7 Å². The molecule has 7 nitrogen and oxygen atoms in total. The van der Waals surface area contributed by atoms with Crippen molar-refractivity contribution in [1.29, 1.82) is 0 Å². The second kappa shape index (κ2) is 12.8. The Kier molecular flexibility index (Phi) is 9.83. The van der Waals surface area contributed by atoms with E-state index in [9.17, 15) is 44.5 Å². The highest BCUT2D eigenvalue weighted by Gasteiger charge is 2.60. The number of halogens is 8. The highest BCUT2D eigenvalue weighted by Crippen LogP contribution is 2.59. The molecule has 0 heterocycles. The van der Waals surface area contributed by atoms with Crippen molar-refractivity contribution in [2.45, 2.75) is 29.7 Å². The van der Waals surface area contributed by atoms with Crippen LogP contribution in [0.25, 0.3) is 0 Å². The first-order valence-electron chi connectivity index (χ1n) is 13.1. The van der Waals surface area contributed by atoms with Crippen LogP contribution in [0.4, 0.5) is 22.0 Å². The molecule has 3 aliphatic carbocycles. The number of carbonyl (C=O) groups excluding carboxylic acids is 2. The Morgan fingerprint density at radius 3 is 1.62 bits per heavy atom. The maximum Gasteiger partial charge on any atom is 0.398 e. The molecule has 6 rings (SSSR count). The van der Waals surface area contributed by atoms with Gasteiger partial charge in [-0.3, -0.25) is 9.59 Å². The summed E-state index contributed by atoms with van der Waals surface area (Å²) in [5.74, 6) is -9.70. The predicted octanol–water partition coefficient (Wildman–Crippen LogP) is 7.18. The lowest BCUT2D eigenvalue weighted by Crippen LogP contribution is -2.49. The van der Waals surface area contributed by atoms with Gasteiger partial charge in [-0.1, -0.05) is 48.5 Å². The second-order valence-corrected chi connectivity index (χ2v) is 15.5. The highest BCUT2D eigenvalue weighted by atomic mass is 127. The first kappa shape index (κ1) is 34.7. The van der Waals surface area contributed by atoms with E-state index in [0.717, 1.165) is 14.7 Å². The van der Waals surface area contributed by atoms with E-state index in [1.54, 1.807) is 48.5 Å². The lowest BCUT2D eigenvalue weighted by molar-refractivity contribution is -0.223. The normalized spacial score (nSPS) is 21.4. The van der Waals surface area contributed by atoms with Gasteiger partial charge < -0.3 is 14.0 Å². The molecule has 3 aromatic rings. The van der Waals surface area contributed by atoms with E-state index in [4.69, 9.17) is 9.47 Å². The van der Waals surface area contributed by atoms with Crippen molar-refractivity contribution in [3.8, 4) is 5.75 Å². The second-order valence-electron chi connectivity index (χ2n) is 10.5. The van der Waals surface area contributed by atoms with Crippen LogP contribution in [0.5, 0.6) is 5.75 Å². The topological polar surface area (TPSA) is 110 Å². The monoisotopic (exact) mass is 987 g/mol. The van der Waals surface area contributed by atoms with Gasteiger partial charge in [0.05, 0.1) is 25.6 Å². The third-order valence-corrected chi connectivity index (χ3v) is 11.1. The van der Waals surface area contributed by atoms with Gasteiger partial charge in [0.1, 0.15) is 5.92 Å². The van der Waals surface area contributed by atoms with Gasteiger partial charge in [0.15, 0.2) is 15.9 Å². The molecule has 0 fully saturated rings. The summed E-state index contributed by atoms with van der Waals surface area (Å²) in [5, 5.41) is -5.70. The third kappa shape index (κ3) is 6.46. The van der Waals surface area contributed by atoms with E-state index >= 15 is 0 Å². The van der Waals surface area contributed by atoms with Crippen molar-refractivity contribution in [3.05, 3.63) is 93.6 Å². The number of ether oxygens (including phenoxy) is 2. The molecule has 16 heteroatoms. The van der Waals surface area contributed by atoms with E-state index < -0.39 is 76.1 Å². The van der Waals surface area contributed by atoms with Crippen LogP contribution in [-0.2, 0) is 24.4 Å². The van der Waals surface area contributed by atoms with Gasteiger partial charge in [-0.25, -0.2) is 8.42 Å². The summed E-state index contributed by atoms with van der Waals surface area (Å²) < 4.78 is 115. The number of hydrogen-bond acceptors (Lipinski definition) is 7. The number of benzene rings is 3. The number of esters is 2. The minimum absolute atomic E-state index is 0.255. The molecule has 3 aromatic carbocycles. The molecular weight excluding hydrogens is 968 g/mol. The fourth-order valence-electron chi connectivity index (χ4n) is 6.11. The molecule has 2 bridgehead atoms. The van der Waals surface area contributed by atoms with Crippen LogP contribution >= 0.6 is 67.8 Å². The molecule has 0 saturated carbocycles. The van der Waals surface area contributed by atoms with E-state index in [1.807, 2.05) is 57.3 Å². The van der Waals surface area contributed by atoms with Gasteiger partial charge in [-0.05, 0) is 109 Å². The third-order valence-electron chi connectivity index (χ3n) is 7.93. The van der Waals surface area contributed by atoms with Gasteiger partial charge in [-0.15, -0.1) is 0 Å². The summed E-state index contributed by atoms with van der Waals surface area (Å²) in [5.41, 5.74) is 2.86. The van der Waals surface area contributed by atoms with Crippen LogP contribution in [0.3, 0.4) is 0 Å². The van der Waals surface area contributed by atoms with Crippen molar-refractivity contribution < 1.29 is 54.0 Å². The summed E-state index contributed by atoms with van der Waals surface area (Å²) in [4.78, 5) is 27.8. The first-order valence-corrected chi connectivity index (χ1v) is 17.7. The number of hydrogen-bond donors (Lipinski definition) is 0. The highest BCUT2D eigenvalue weighted by molar-refractivity contribution is 14.1. The van der Waals surface area contributed by atoms with E-state index in [-0.39, 0.29) is 5.75 Å². The minimum atomic E-state index is -6.70. The molecule has 240 valence electrons. The standard InChI is InChI=1S/C29H20F5I3O7S/c30-28(31,32)20(29(33,34)45(40,41)42)9-10-43-26(38)23-21-14-5-1-3-7-16(14)22(17-8-4-2-6-15(17)21)24(23)27(39)44-25-18(36)11-13(35)12-19(25)37/h1-8,11-12,20-24H,9-10H2,(H,40,41,42)/p-1. The Balaban J connectivity index is 1.53. The smallest absolute Gasteiger partial charge is 0.398 e. The lowest BCUT2D eigenvalue weighted by Gasteiger charge is -2.48. The van der Waals surface area contributed by atoms with Gasteiger partial charge in [0.2, 0.25) is 0 Å². The van der Waals surface area contributed by atoms with Crippen LogP contribution in [0, 0.1) is 28.5 Å². The van der Waals surface area contributed by atoms with E-state index in [0.29, 0.717) is 18.3 Å². The van der Waals surface area contributed by atoms with Gasteiger partial charge in [0, 0.05) is 15.4 Å². The Morgan fingerprint density at radius 2 is 1.22 bits per heavy atom.